The molecule has 2 heterocycles. The number of carbonyl (C=O) groups is 1. The molecule has 1 aromatic heterocycles. The smallest absolute Gasteiger partial charge is 0.225 e. The zero-order valence-corrected chi connectivity index (χ0v) is 11.6. The molecule has 1 N–H and O–H groups in total. The molecule has 100 valence electrons. The number of aryl methyl sites for hydroxylation is 1. The maximum atomic E-state index is 11.9. The lowest BCUT2D eigenvalue weighted by Crippen LogP contribution is -2.32. The van der Waals surface area contributed by atoms with E-state index < -0.39 is 0 Å². The lowest BCUT2D eigenvalue weighted by Gasteiger charge is -2.28. The molecule has 0 spiro atoms. The van der Waals surface area contributed by atoms with E-state index in [9.17, 15) is 4.79 Å². The van der Waals surface area contributed by atoms with Gasteiger partial charge in [0.2, 0.25) is 5.91 Å². The number of halogens is 1. The molecule has 1 aromatic rings. The standard InChI is InChI=1S/C12H19ClN4O/c1-16-5-3-9(4-6-16)7-11(18)14-12-10(13)8-17(2)15-12/h8-9H,3-7H2,1-2H3,(H,14,15,18). The van der Waals surface area contributed by atoms with Crippen molar-refractivity contribution < 1.29 is 4.79 Å². The van der Waals surface area contributed by atoms with E-state index in [1.54, 1.807) is 17.9 Å². The van der Waals surface area contributed by atoms with Crippen LogP contribution >= 0.6 is 11.6 Å². The molecule has 1 fully saturated rings. The summed E-state index contributed by atoms with van der Waals surface area (Å²) in [6.07, 6.45) is 4.40. The van der Waals surface area contributed by atoms with Gasteiger partial charge in [0.15, 0.2) is 5.82 Å². The van der Waals surface area contributed by atoms with E-state index >= 15 is 0 Å². The summed E-state index contributed by atoms with van der Waals surface area (Å²) in [5, 5.41) is 7.35. The van der Waals surface area contributed by atoms with Gasteiger partial charge in [-0.2, -0.15) is 5.10 Å². The fourth-order valence-electron chi connectivity index (χ4n) is 2.26. The molecule has 0 unspecified atom stereocenters. The van der Waals surface area contributed by atoms with Gasteiger partial charge in [0.1, 0.15) is 5.02 Å². The van der Waals surface area contributed by atoms with Gasteiger partial charge < -0.3 is 10.2 Å². The van der Waals surface area contributed by atoms with Gasteiger partial charge in [-0.15, -0.1) is 0 Å². The number of hydrogen-bond acceptors (Lipinski definition) is 3. The van der Waals surface area contributed by atoms with Crippen molar-refractivity contribution in [1.29, 1.82) is 0 Å². The summed E-state index contributed by atoms with van der Waals surface area (Å²) < 4.78 is 1.59. The number of anilines is 1. The summed E-state index contributed by atoms with van der Waals surface area (Å²) >= 11 is 5.95. The van der Waals surface area contributed by atoms with Crippen LogP contribution in [0.3, 0.4) is 0 Å². The van der Waals surface area contributed by atoms with Gasteiger partial charge in [-0.25, -0.2) is 0 Å². The summed E-state index contributed by atoms with van der Waals surface area (Å²) in [5.41, 5.74) is 0. The quantitative estimate of drug-likeness (QED) is 0.910. The minimum absolute atomic E-state index is 0.00477. The third-order valence-corrected chi connectivity index (χ3v) is 3.63. The maximum Gasteiger partial charge on any atom is 0.225 e. The highest BCUT2D eigenvalue weighted by atomic mass is 35.5. The van der Waals surface area contributed by atoms with E-state index in [0.717, 1.165) is 25.9 Å². The van der Waals surface area contributed by atoms with Crippen molar-refractivity contribution in [2.45, 2.75) is 19.3 Å². The molecular formula is C12H19ClN4O. The lowest BCUT2D eigenvalue weighted by molar-refractivity contribution is -0.117. The van der Waals surface area contributed by atoms with Crippen LogP contribution in [0.4, 0.5) is 5.82 Å². The molecular weight excluding hydrogens is 252 g/mol. The first-order chi connectivity index (χ1) is 8.54. The summed E-state index contributed by atoms with van der Waals surface area (Å²) in [5.74, 6) is 0.936. The molecule has 0 aromatic carbocycles. The number of nitrogens with one attached hydrogen (secondary N) is 1. The fraction of sp³-hybridized carbons (Fsp3) is 0.667. The second kappa shape index (κ2) is 5.71. The van der Waals surface area contributed by atoms with Crippen LogP contribution in [0.15, 0.2) is 6.20 Å². The van der Waals surface area contributed by atoms with Crippen molar-refractivity contribution in [2.24, 2.45) is 13.0 Å². The second-order valence-electron chi connectivity index (χ2n) is 5.00. The number of piperidine rings is 1. The topological polar surface area (TPSA) is 50.2 Å². The molecule has 2 rings (SSSR count). The van der Waals surface area contributed by atoms with Crippen LogP contribution in [-0.2, 0) is 11.8 Å². The van der Waals surface area contributed by atoms with E-state index in [4.69, 9.17) is 11.6 Å². The molecule has 0 atom stereocenters. The monoisotopic (exact) mass is 270 g/mol. The van der Waals surface area contributed by atoms with Crippen LogP contribution in [0.2, 0.25) is 5.02 Å². The molecule has 1 saturated heterocycles. The van der Waals surface area contributed by atoms with E-state index in [1.807, 2.05) is 0 Å². The Morgan fingerprint density at radius 2 is 2.17 bits per heavy atom. The molecule has 18 heavy (non-hydrogen) atoms. The predicted octanol–water partition coefficient (Wildman–Crippen LogP) is 1.74. The van der Waals surface area contributed by atoms with Gasteiger partial charge in [0.25, 0.3) is 0 Å². The largest absolute Gasteiger partial charge is 0.308 e. The van der Waals surface area contributed by atoms with E-state index in [-0.39, 0.29) is 5.91 Å². The molecule has 1 aliphatic rings. The van der Waals surface area contributed by atoms with Crippen LogP contribution in [-0.4, -0.2) is 40.7 Å². The molecule has 0 radical (unpaired) electrons. The van der Waals surface area contributed by atoms with E-state index in [1.165, 1.54) is 0 Å². The number of rotatable bonds is 3. The van der Waals surface area contributed by atoms with Crippen molar-refractivity contribution in [3.63, 3.8) is 0 Å². The average Bonchev–Trinajstić information content (AvgIpc) is 2.61. The van der Waals surface area contributed by atoms with E-state index in [2.05, 4.69) is 22.4 Å². The summed E-state index contributed by atoms with van der Waals surface area (Å²) in [4.78, 5) is 14.2. The molecule has 1 aliphatic heterocycles. The Morgan fingerprint density at radius 1 is 1.50 bits per heavy atom. The number of amides is 1. The van der Waals surface area contributed by atoms with Crippen molar-refractivity contribution in [1.82, 2.24) is 14.7 Å². The SMILES string of the molecule is CN1CCC(CC(=O)Nc2nn(C)cc2Cl)CC1. The van der Waals surface area contributed by atoms with Gasteiger partial charge in [-0.3, -0.25) is 9.48 Å². The highest BCUT2D eigenvalue weighted by Crippen LogP contribution is 2.22. The first-order valence-electron chi connectivity index (χ1n) is 6.22. The van der Waals surface area contributed by atoms with Gasteiger partial charge in [-0.1, -0.05) is 11.6 Å². The van der Waals surface area contributed by atoms with Gasteiger partial charge in [0.05, 0.1) is 0 Å². The third-order valence-electron chi connectivity index (χ3n) is 3.35. The van der Waals surface area contributed by atoms with Crippen molar-refractivity contribution in [3.05, 3.63) is 11.2 Å². The summed E-state index contributed by atoms with van der Waals surface area (Å²) in [7, 11) is 3.89. The second-order valence-corrected chi connectivity index (χ2v) is 5.41. The molecule has 0 bridgehead atoms. The number of carbonyl (C=O) groups excluding carboxylic acids is 1. The molecule has 0 aliphatic carbocycles. The fourth-order valence-corrected chi connectivity index (χ4v) is 2.48. The molecule has 6 heteroatoms. The van der Waals surface area contributed by atoms with Crippen molar-refractivity contribution in [3.8, 4) is 0 Å². The normalized spacial score (nSPS) is 17.9. The van der Waals surface area contributed by atoms with Crippen LogP contribution in [0.25, 0.3) is 0 Å². The number of hydrogen-bond donors (Lipinski definition) is 1. The van der Waals surface area contributed by atoms with Gasteiger partial charge in [0, 0.05) is 19.7 Å². The highest BCUT2D eigenvalue weighted by molar-refractivity contribution is 6.33. The molecule has 0 saturated carbocycles. The van der Waals surface area contributed by atoms with Crippen LogP contribution in [0, 0.1) is 5.92 Å². The Balaban J connectivity index is 1.83. The molecule has 1 amide bonds. The Morgan fingerprint density at radius 3 is 2.72 bits per heavy atom. The minimum atomic E-state index is 0.00477. The maximum absolute atomic E-state index is 11.9. The number of likely N-dealkylation sites (tertiary alicyclic amines) is 1. The Kier molecular flexibility index (Phi) is 4.24. The zero-order chi connectivity index (χ0) is 13.1. The lowest BCUT2D eigenvalue weighted by atomic mass is 9.93. The van der Waals surface area contributed by atoms with Crippen LogP contribution in [0.5, 0.6) is 0 Å². The summed E-state index contributed by atoms with van der Waals surface area (Å²) in [6, 6.07) is 0. The number of nitrogens with zero attached hydrogens (tertiary/aromatic N) is 3. The zero-order valence-electron chi connectivity index (χ0n) is 10.8. The minimum Gasteiger partial charge on any atom is -0.308 e. The summed E-state index contributed by atoms with van der Waals surface area (Å²) in [6.45, 7) is 2.14. The van der Waals surface area contributed by atoms with E-state index in [0.29, 0.717) is 23.2 Å². The van der Waals surface area contributed by atoms with Crippen molar-refractivity contribution >= 4 is 23.3 Å². The molecule has 5 nitrogen and oxygen atoms in total. The average molecular weight is 271 g/mol. The van der Waals surface area contributed by atoms with Crippen LogP contribution < -0.4 is 5.32 Å². The van der Waals surface area contributed by atoms with Crippen molar-refractivity contribution in [2.75, 3.05) is 25.5 Å². The van der Waals surface area contributed by atoms with Gasteiger partial charge in [-0.05, 0) is 38.9 Å². The Bertz CT molecular complexity index is 424. The Labute approximate surface area is 112 Å². The van der Waals surface area contributed by atoms with Crippen LogP contribution in [0.1, 0.15) is 19.3 Å². The highest BCUT2D eigenvalue weighted by Gasteiger charge is 2.20. The number of aromatic nitrogens is 2. The van der Waals surface area contributed by atoms with Gasteiger partial charge >= 0.3 is 0 Å². The third kappa shape index (κ3) is 3.46. The first-order valence-corrected chi connectivity index (χ1v) is 6.60. The Hall–Kier alpha value is -1.07. The predicted molar refractivity (Wildman–Crippen MR) is 71.7 cm³/mol. The first kappa shape index (κ1) is 13.4.